The molecule has 0 spiro atoms. The van der Waals surface area contributed by atoms with Crippen LogP contribution in [0, 0.1) is 0 Å². The quantitative estimate of drug-likeness (QED) is 0.702. The Kier molecular flexibility index (Phi) is 5.59. The molecule has 1 aromatic heterocycles. The number of hydrogen-bond donors (Lipinski definition) is 3. The van der Waals surface area contributed by atoms with Gasteiger partial charge < -0.3 is 20.5 Å². The number of aliphatic hydroxyl groups is 1. The van der Waals surface area contributed by atoms with Gasteiger partial charge in [0.1, 0.15) is 17.5 Å². The third-order valence-corrected chi connectivity index (χ3v) is 2.96. The fourth-order valence-electron chi connectivity index (χ4n) is 1.75. The molecule has 0 aliphatic rings. The van der Waals surface area contributed by atoms with E-state index >= 15 is 0 Å². The molecule has 1 heterocycles. The molecule has 0 saturated carbocycles. The third-order valence-electron chi connectivity index (χ3n) is 2.96. The smallest absolute Gasteiger partial charge is 0.272 e. The first-order chi connectivity index (χ1) is 11.1. The topological polar surface area (TPSA) is 113 Å². The summed E-state index contributed by atoms with van der Waals surface area (Å²) in [6, 6.07) is 5.56. The summed E-state index contributed by atoms with van der Waals surface area (Å²) in [5.41, 5.74) is 0.575. The highest BCUT2D eigenvalue weighted by Crippen LogP contribution is 2.15. The predicted molar refractivity (Wildman–Crippen MR) is 82.0 cm³/mol. The van der Waals surface area contributed by atoms with E-state index in [0.717, 1.165) is 0 Å². The van der Waals surface area contributed by atoms with E-state index in [-0.39, 0.29) is 5.69 Å². The van der Waals surface area contributed by atoms with E-state index in [9.17, 15) is 14.7 Å². The molecule has 0 bridgehead atoms. The highest BCUT2D eigenvalue weighted by atomic mass is 16.5. The van der Waals surface area contributed by atoms with Crippen LogP contribution in [0.25, 0.3) is 0 Å². The number of ether oxygens (including phenoxy) is 1. The number of carbonyl (C=O) groups is 2. The molecule has 0 aliphatic heterocycles. The van der Waals surface area contributed by atoms with Crippen molar-refractivity contribution < 1.29 is 19.4 Å². The van der Waals surface area contributed by atoms with Crippen molar-refractivity contribution in [3.05, 3.63) is 48.5 Å². The maximum atomic E-state index is 12.1. The van der Waals surface area contributed by atoms with Crippen LogP contribution >= 0.6 is 0 Å². The van der Waals surface area contributed by atoms with Crippen LogP contribution in [-0.2, 0) is 4.79 Å². The Morgan fingerprint density at radius 1 is 1.26 bits per heavy atom. The number of carbonyl (C=O) groups excluding carboxylic acids is 2. The molecule has 23 heavy (non-hydrogen) atoms. The number of nitrogens with one attached hydrogen (secondary N) is 2. The van der Waals surface area contributed by atoms with Crippen LogP contribution in [0.3, 0.4) is 0 Å². The average Bonchev–Trinajstić information content (AvgIpc) is 2.60. The van der Waals surface area contributed by atoms with E-state index in [4.69, 9.17) is 4.74 Å². The first kappa shape index (κ1) is 16.4. The van der Waals surface area contributed by atoms with Crippen molar-refractivity contribution in [2.75, 3.05) is 19.0 Å². The minimum atomic E-state index is -1.10. The molecular formula is C15H16N4O4. The van der Waals surface area contributed by atoms with Gasteiger partial charge in [-0.05, 0) is 24.3 Å². The van der Waals surface area contributed by atoms with Crippen molar-refractivity contribution in [3.8, 4) is 5.75 Å². The van der Waals surface area contributed by atoms with E-state index < -0.39 is 24.5 Å². The van der Waals surface area contributed by atoms with Crippen LogP contribution in [-0.4, -0.2) is 46.6 Å². The fraction of sp³-hybridized carbons (Fsp3) is 0.200. The van der Waals surface area contributed by atoms with Crippen LogP contribution in [0.5, 0.6) is 5.75 Å². The zero-order valence-corrected chi connectivity index (χ0v) is 12.4. The lowest BCUT2D eigenvalue weighted by Gasteiger charge is -2.16. The zero-order valence-electron chi connectivity index (χ0n) is 12.4. The predicted octanol–water partition coefficient (Wildman–Crippen LogP) is 0.215. The summed E-state index contributed by atoms with van der Waals surface area (Å²) in [5, 5.41) is 14.3. The second-order valence-corrected chi connectivity index (χ2v) is 4.52. The van der Waals surface area contributed by atoms with Gasteiger partial charge in [0, 0.05) is 18.1 Å². The highest BCUT2D eigenvalue weighted by molar-refractivity contribution is 6.00. The first-order valence-electron chi connectivity index (χ1n) is 6.76. The van der Waals surface area contributed by atoms with Gasteiger partial charge in [0.2, 0.25) is 5.91 Å². The average molecular weight is 316 g/mol. The number of aliphatic hydroxyl groups excluding tert-OH is 1. The molecule has 1 atom stereocenters. The maximum Gasteiger partial charge on any atom is 0.272 e. The monoisotopic (exact) mass is 316 g/mol. The Morgan fingerprint density at radius 3 is 2.57 bits per heavy atom. The Balaban J connectivity index is 1.99. The maximum absolute atomic E-state index is 12.1. The van der Waals surface area contributed by atoms with Crippen molar-refractivity contribution in [1.29, 1.82) is 0 Å². The summed E-state index contributed by atoms with van der Waals surface area (Å²) in [5.74, 6) is -0.491. The van der Waals surface area contributed by atoms with Crippen LogP contribution in [0.15, 0.2) is 42.9 Å². The van der Waals surface area contributed by atoms with Crippen LogP contribution < -0.4 is 15.4 Å². The molecule has 1 aromatic carbocycles. The number of hydrogen-bond acceptors (Lipinski definition) is 6. The lowest BCUT2D eigenvalue weighted by atomic mass is 10.2. The molecule has 0 fully saturated rings. The van der Waals surface area contributed by atoms with E-state index in [2.05, 4.69) is 20.6 Å². The molecule has 2 aromatic rings. The van der Waals surface area contributed by atoms with Gasteiger partial charge in [-0.15, -0.1) is 0 Å². The minimum absolute atomic E-state index is 0.0585. The van der Waals surface area contributed by atoms with Crippen molar-refractivity contribution in [2.24, 2.45) is 0 Å². The molecule has 120 valence electrons. The molecule has 1 unspecified atom stereocenters. The lowest BCUT2D eigenvalue weighted by Crippen LogP contribution is -2.46. The molecule has 0 saturated heterocycles. The zero-order chi connectivity index (χ0) is 16.7. The van der Waals surface area contributed by atoms with E-state index in [1.54, 1.807) is 24.3 Å². The normalized spacial score (nSPS) is 11.4. The number of rotatable bonds is 6. The van der Waals surface area contributed by atoms with Gasteiger partial charge >= 0.3 is 0 Å². The Hall–Kier alpha value is -3.00. The Labute approximate surface area is 132 Å². The fourth-order valence-corrected chi connectivity index (χ4v) is 1.75. The largest absolute Gasteiger partial charge is 0.497 e. The number of methoxy groups -OCH3 is 1. The summed E-state index contributed by atoms with van der Waals surface area (Å²) >= 11 is 0. The second kappa shape index (κ2) is 7.85. The van der Waals surface area contributed by atoms with Gasteiger partial charge in [0.15, 0.2) is 0 Å². The molecule has 8 nitrogen and oxygen atoms in total. The van der Waals surface area contributed by atoms with E-state index in [0.29, 0.717) is 11.4 Å². The highest BCUT2D eigenvalue weighted by Gasteiger charge is 2.21. The van der Waals surface area contributed by atoms with Crippen LogP contribution in [0.2, 0.25) is 0 Å². The number of benzene rings is 1. The summed E-state index contributed by atoms with van der Waals surface area (Å²) in [6.07, 6.45) is 4.06. The van der Waals surface area contributed by atoms with E-state index in [1.165, 1.54) is 25.7 Å². The molecule has 0 radical (unpaired) electrons. The molecule has 3 N–H and O–H groups in total. The molecule has 2 rings (SSSR count). The van der Waals surface area contributed by atoms with Gasteiger partial charge in [-0.25, -0.2) is 4.98 Å². The lowest BCUT2D eigenvalue weighted by molar-refractivity contribution is -0.118. The number of aromatic nitrogens is 2. The molecule has 8 heteroatoms. The van der Waals surface area contributed by atoms with Crippen molar-refractivity contribution in [3.63, 3.8) is 0 Å². The summed E-state index contributed by atoms with van der Waals surface area (Å²) < 4.78 is 5.02. The number of nitrogens with zero attached hydrogens (tertiary/aromatic N) is 2. The van der Waals surface area contributed by atoms with Gasteiger partial charge in [-0.1, -0.05) is 0 Å². The number of anilines is 1. The molecular weight excluding hydrogens is 300 g/mol. The van der Waals surface area contributed by atoms with Gasteiger partial charge in [0.05, 0.1) is 19.9 Å². The Bertz CT molecular complexity index is 661. The second-order valence-electron chi connectivity index (χ2n) is 4.52. The third kappa shape index (κ3) is 4.48. The molecule has 0 aliphatic carbocycles. The van der Waals surface area contributed by atoms with Gasteiger partial charge in [0.25, 0.3) is 5.91 Å². The minimum Gasteiger partial charge on any atom is -0.497 e. The SMILES string of the molecule is COc1ccc(NC(=O)C(CO)NC(=O)c2cnccn2)cc1. The summed E-state index contributed by atoms with van der Waals surface area (Å²) in [4.78, 5) is 31.6. The summed E-state index contributed by atoms with van der Waals surface area (Å²) in [6.45, 7) is -0.548. The van der Waals surface area contributed by atoms with E-state index in [1.807, 2.05) is 0 Å². The first-order valence-corrected chi connectivity index (χ1v) is 6.76. The van der Waals surface area contributed by atoms with Crippen molar-refractivity contribution in [1.82, 2.24) is 15.3 Å². The Morgan fingerprint density at radius 2 is 2.00 bits per heavy atom. The standard InChI is InChI=1S/C15H16N4O4/c1-23-11-4-2-10(3-5-11)18-15(22)13(9-20)19-14(21)12-8-16-6-7-17-12/h2-8,13,20H,9H2,1H3,(H,18,22)(H,19,21). The molecule has 2 amide bonds. The number of amides is 2. The van der Waals surface area contributed by atoms with Crippen molar-refractivity contribution >= 4 is 17.5 Å². The summed E-state index contributed by atoms with van der Waals surface area (Å²) in [7, 11) is 1.54. The van der Waals surface area contributed by atoms with Crippen molar-refractivity contribution in [2.45, 2.75) is 6.04 Å². The van der Waals surface area contributed by atoms with Crippen LogP contribution in [0.4, 0.5) is 5.69 Å². The van der Waals surface area contributed by atoms with Gasteiger partial charge in [-0.3, -0.25) is 14.6 Å². The van der Waals surface area contributed by atoms with Crippen LogP contribution in [0.1, 0.15) is 10.5 Å². The van der Waals surface area contributed by atoms with Gasteiger partial charge in [-0.2, -0.15) is 0 Å².